The normalized spacial score (nSPS) is 11.9. The maximum atomic E-state index is 14.8. The molecule has 0 bridgehead atoms. The lowest BCUT2D eigenvalue weighted by atomic mass is 10.1. The fourth-order valence-corrected chi connectivity index (χ4v) is 3.53. The van der Waals surface area contributed by atoms with Gasteiger partial charge in [0.25, 0.3) is 0 Å². The minimum Gasteiger partial charge on any atom is -0.360 e. The van der Waals surface area contributed by atoms with Crippen molar-refractivity contribution in [2.24, 2.45) is 0 Å². The number of rotatable bonds is 3. The van der Waals surface area contributed by atoms with Gasteiger partial charge in [-0.25, -0.2) is 18.2 Å². The smallest absolute Gasteiger partial charge is 0.144 e. The van der Waals surface area contributed by atoms with E-state index in [1.54, 1.807) is 24.4 Å². The van der Waals surface area contributed by atoms with Crippen LogP contribution >= 0.6 is 11.6 Å². The first kappa shape index (κ1) is 18.5. The lowest BCUT2D eigenvalue weighted by molar-refractivity contribution is 0.627. The summed E-state index contributed by atoms with van der Waals surface area (Å²) < 4.78 is 41.5. The van der Waals surface area contributed by atoms with E-state index in [-0.39, 0.29) is 22.2 Å². The molecule has 5 rings (SSSR count). The van der Waals surface area contributed by atoms with Crippen molar-refractivity contribution in [3.8, 4) is 11.4 Å². The predicted octanol–water partition coefficient (Wildman–Crippen LogP) is 6.95. The number of imidazole rings is 1. The molecule has 3 aromatic carbocycles. The highest BCUT2D eigenvalue weighted by molar-refractivity contribution is 6.31. The Morgan fingerprint density at radius 2 is 1.63 bits per heavy atom. The molecule has 0 saturated heterocycles. The van der Waals surface area contributed by atoms with E-state index < -0.39 is 11.6 Å². The van der Waals surface area contributed by atoms with Crippen LogP contribution in [0.5, 0.6) is 0 Å². The number of aromatic nitrogens is 3. The Bertz CT molecular complexity index is 1390. The molecule has 3 nitrogen and oxygen atoms in total. The van der Waals surface area contributed by atoms with Crippen LogP contribution in [0.25, 0.3) is 45.5 Å². The monoisotopic (exact) mass is 423 g/mol. The van der Waals surface area contributed by atoms with E-state index in [1.165, 1.54) is 30.3 Å². The summed E-state index contributed by atoms with van der Waals surface area (Å²) in [7, 11) is 0. The van der Waals surface area contributed by atoms with Gasteiger partial charge in [-0.3, -0.25) is 0 Å². The lowest BCUT2D eigenvalue weighted by Crippen LogP contribution is -1.87. The molecule has 0 aliphatic carbocycles. The molecule has 0 spiro atoms. The summed E-state index contributed by atoms with van der Waals surface area (Å²) >= 11 is 5.82. The first-order valence-electron chi connectivity index (χ1n) is 9.07. The molecule has 0 saturated carbocycles. The molecule has 0 aliphatic heterocycles. The number of benzene rings is 3. The van der Waals surface area contributed by atoms with Crippen molar-refractivity contribution in [2.75, 3.05) is 0 Å². The maximum absolute atomic E-state index is 14.8. The van der Waals surface area contributed by atoms with Gasteiger partial charge in [0, 0.05) is 23.2 Å². The van der Waals surface area contributed by atoms with Crippen molar-refractivity contribution in [1.82, 2.24) is 15.0 Å². The highest BCUT2D eigenvalue weighted by Gasteiger charge is 2.15. The highest BCUT2D eigenvalue weighted by Crippen LogP contribution is 2.31. The molecular weight excluding hydrogens is 411 g/mol. The summed E-state index contributed by atoms with van der Waals surface area (Å²) in [5.41, 5.74) is 3.43. The zero-order chi connectivity index (χ0) is 20.8. The van der Waals surface area contributed by atoms with Crippen LogP contribution in [-0.2, 0) is 0 Å². The van der Waals surface area contributed by atoms with Crippen molar-refractivity contribution in [2.45, 2.75) is 0 Å². The van der Waals surface area contributed by atoms with Gasteiger partial charge in [-0.1, -0.05) is 35.9 Å². The minimum absolute atomic E-state index is 0.0460. The van der Waals surface area contributed by atoms with Crippen LogP contribution in [0.15, 0.2) is 54.7 Å². The Hall–Kier alpha value is -3.51. The average Bonchev–Trinajstić information content (AvgIpc) is 3.30. The molecule has 5 aromatic rings. The largest absolute Gasteiger partial charge is 0.360 e. The van der Waals surface area contributed by atoms with Crippen molar-refractivity contribution >= 4 is 45.7 Å². The maximum Gasteiger partial charge on any atom is 0.144 e. The molecule has 148 valence electrons. The summed E-state index contributed by atoms with van der Waals surface area (Å²) in [5, 5.41) is 0.741. The van der Waals surface area contributed by atoms with Crippen LogP contribution < -0.4 is 0 Å². The molecule has 2 aromatic heterocycles. The van der Waals surface area contributed by atoms with Crippen molar-refractivity contribution in [3.05, 3.63) is 88.3 Å². The number of nitrogens with one attached hydrogen (secondary N) is 2. The van der Waals surface area contributed by atoms with E-state index in [0.29, 0.717) is 16.6 Å². The summed E-state index contributed by atoms with van der Waals surface area (Å²) in [4.78, 5) is 10.4. The quantitative estimate of drug-likeness (QED) is 0.324. The van der Waals surface area contributed by atoms with E-state index >= 15 is 0 Å². The van der Waals surface area contributed by atoms with Crippen LogP contribution in [-0.4, -0.2) is 15.0 Å². The third-order valence-electron chi connectivity index (χ3n) is 4.91. The second-order valence-corrected chi connectivity index (χ2v) is 7.28. The Balaban J connectivity index is 1.59. The lowest BCUT2D eigenvalue weighted by Gasteiger charge is -2.01. The van der Waals surface area contributed by atoms with E-state index in [4.69, 9.17) is 11.6 Å². The molecule has 0 radical (unpaired) electrons. The van der Waals surface area contributed by atoms with Gasteiger partial charge in [0.1, 0.15) is 23.3 Å². The summed E-state index contributed by atoms with van der Waals surface area (Å²) in [6, 6.07) is 11.8. The van der Waals surface area contributed by atoms with Crippen LogP contribution in [0, 0.1) is 17.5 Å². The van der Waals surface area contributed by atoms with Crippen LogP contribution in [0.4, 0.5) is 13.2 Å². The zero-order valence-electron chi connectivity index (χ0n) is 15.3. The molecule has 2 heterocycles. The molecule has 2 N–H and O–H groups in total. The van der Waals surface area contributed by atoms with Gasteiger partial charge in [0.05, 0.1) is 21.6 Å². The van der Waals surface area contributed by atoms with Crippen LogP contribution in [0.2, 0.25) is 5.02 Å². The number of aromatic amines is 2. The Kier molecular flexibility index (Phi) is 4.37. The molecular formula is C23H13ClF3N3. The first-order chi connectivity index (χ1) is 14.5. The number of hydrogen-bond acceptors (Lipinski definition) is 1. The third kappa shape index (κ3) is 3.25. The molecule has 0 aliphatic rings. The minimum atomic E-state index is -0.575. The Labute approximate surface area is 173 Å². The van der Waals surface area contributed by atoms with Gasteiger partial charge in [-0.15, -0.1) is 0 Å². The number of fused-ring (bicyclic) bond motifs is 2. The van der Waals surface area contributed by atoms with Gasteiger partial charge >= 0.3 is 0 Å². The van der Waals surface area contributed by atoms with E-state index in [0.717, 1.165) is 16.5 Å². The van der Waals surface area contributed by atoms with E-state index in [1.807, 2.05) is 12.2 Å². The molecule has 7 heteroatoms. The number of nitrogens with zero attached hydrogens (tertiary/aromatic N) is 1. The fourth-order valence-electron chi connectivity index (χ4n) is 3.38. The van der Waals surface area contributed by atoms with E-state index in [9.17, 15) is 13.2 Å². The van der Waals surface area contributed by atoms with Gasteiger partial charge in [0.15, 0.2) is 0 Å². The highest BCUT2D eigenvalue weighted by atomic mass is 35.5. The van der Waals surface area contributed by atoms with Gasteiger partial charge < -0.3 is 9.97 Å². The fraction of sp³-hybridized carbons (Fsp3) is 0. The molecule has 0 atom stereocenters. The molecule has 0 unspecified atom stereocenters. The molecule has 0 fully saturated rings. The third-order valence-corrected chi connectivity index (χ3v) is 5.20. The molecule has 30 heavy (non-hydrogen) atoms. The van der Waals surface area contributed by atoms with E-state index in [2.05, 4.69) is 15.0 Å². The topological polar surface area (TPSA) is 44.5 Å². The summed E-state index contributed by atoms with van der Waals surface area (Å²) in [6.45, 7) is 0. The molecule has 0 amide bonds. The SMILES string of the molecule is Fc1ccc(/C=C/c2c[nH]c3cc(F)c(-c4nc5cc(Cl)c(F)cc5[nH]4)cc23)cc1. The van der Waals surface area contributed by atoms with Crippen molar-refractivity contribution in [1.29, 1.82) is 0 Å². The predicted molar refractivity (Wildman–Crippen MR) is 114 cm³/mol. The second kappa shape index (κ2) is 7.07. The van der Waals surface area contributed by atoms with Crippen molar-refractivity contribution < 1.29 is 13.2 Å². The van der Waals surface area contributed by atoms with Gasteiger partial charge in [-0.2, -0.15) is 0 Å². The average molecular weight is 424 g/mol. The summed E-state index contributed by atoms with van der Waals surface area (Å²) in [6.07, 6.45) is 5.47. The Morgan fingerprint density at radius 3 is 2.43 bits per heavy atom. The first-order valence-corrected chi connectivity index (χ1v) is 9.45. The number of halogens is 4. The Morgan fingerprint density at radius 1 is 0.867 bits per heavy atom. The van der Waals surface area contributed by atoms with Gasteiger partial charge in [0.2, 0.25) is 0 Å². The van der Waals surface area contributed by atoms with Crippen LogP contribution in [0.3, 0.4) is 0 Å². The standard InChI is InChI=1S/C23H13ClF3N3/c24-17-8-21-22(10-19(17)27)30-23(29-21)16-7-15-13(11-28-20(15)9-18(16)26)4-1-12-2-5-14(25)6-3-12/h1-11,28H,(H,29,30)/b4-1+. The number of H-pyrrole nitrogens is 2. The van der Waals surface area contributed by atoms with Crippen molar-refractivity contribution in [3.63, 3.8) is 0 Å². The number of hydrogen-bond donors (Lipinski definition) is 2. The van der Waals surface area contributed by atoms with Crippen LogP contribution in [0.1, 0.15) is 11.1 Å². The zero-order valence-corrected chi connectivity index (χ0v) is 16.1. The second-order valence-electron chi connectivity index (χ2n) is 6.88. The summed E-state index contributed by atoms with van der Waals surface area (Å²) in [5.74, 6) is -1.06. The van der Waals surface area contributed by atoms with Gasteiger partial charge in [-0.05, 0) is 41.5 Å².